The molecule has 3 rings (SSSR count). The normalized spacial score (nSPS) is 13.0. The molecule has 0 fully saturated rings. The van der Waals surface area contributed by atoms with E-state index in [0.717, 1.165) is 24.2 Å². The fourth-order valence-electron chi connectivity index (χ4n) is 5.07. The molecule has 0 bridgehead atoms. The Morgan fingerprint density at radius 3 is 2.05 bits per heavy atom. The number of hydrogen-bond donors (Lipinski definition) is 0. The molecule has 2 aromatic rings. The molecule has 7 nitrogen and oxygen atoms in total. The van der Waals surface area contributed by atoms with Crippen LogP contribution in [-0.4, -0.2) is 28.2 Å². The van der Waals surface area contributed by atoms with Crippen LogP contribution in [0.2, 0.25) is 0 Å². The summed E-state index contributed by atoms with van der Waals surface area (Å²) in [7, 11) is 0. The van der Waals surface area contributed by atoms with Crippen LogP contribution >= 0.6 is 0 Å². The minimum atomic E-state index is -0.409. The number of benzene rings is 1. The summed E-state index contributed by atoms with van der Waals surface area (Å²) in [6, 6.07) is 9.75. The summed E-state index contributed by atoms with van der Waals surface area (Å²) in [4.78, 5) is 26.6. The largest absolute Gasteiger partial charge is 0.493 e. The van der Waals surface area contributed by atoms with E-state index in [1.165, 1.54) is 86.6 Å². The van der Waals surface area contributed by atoms with E-state index in [0.29, 0.717) is 12.3 Å². The number of fused-ring (bicyclic) bond motifs is 1. The van der Waals surface area contributed by atoms with Gasteiger partial charge in [0.2, 0.25) is 5.91 Å². The highest BCUT2D eigenvalue weighted by atomic mass is 16.5. The van der Waals surface area contributed by atoms with Gasteiger partial charge in [-0.05, 0) is 19.4 Å². The van der Waals surface area contributed by atoms with Crippen molar-refractivity contribution in [3.05, 3.63) is 41.1 Å². The fourth-order valence-corrected chi connectivity index (χ4v) is 5.07. The Balaban J connectivity index is 1.37. The molecular weight excluding hydrogens is 476 g/mol. The summed E-state index contributed by atoms with van der Waals surface area (Å²) in [5.41, 5.74) is 1.54. The van der Waals surface area contributed by atoms with Gasteiger partial charge in [-0.25, -0.2) is 0 Å². The molecule has 0 radical (unpaired) electrons. The number of aromatic nitrogens is 2. The van der Waals surface area contributed by atoms with Crippen LogP contribution in [0.25, 0.3) is 0 Å². The first kappa shape index (κ1) is 29.4. The van der Waals surface area contributed by atoms with E-state index in [1.54, 1.807) is 6.92 Å². The quantitative estimate of drug-likeness (QED) is 0.150. The number of ether oxygens (including phenoxy) is 1. The average molecular weight is 521 g/mol. The zero-order chi connectivity index (χ0) is 27.2. The van der Waals surface area contributed by atoms with Gasteiger partial charge in [0.15, 0.2) is 5.82 Å². The van der Waals surface area contributed by atoms with Crippen molar-refractivity contribution in [1.29, 1.82) is 5.26 Å². The number of nitriles is 1. The number of unbranched alkanes of at least 4 members (excludes halogenated alkanes) is 13. The predicted molar refractivity (Wildman–Crippen MR) is 150 cm³/mol. The van der Waals surface area contributed by atoms with Crippen molar-refractivity contribution in [2.45, 2.75) is 117 Å². The Bertz CT molecular complexity index is 1090. The molecule has 1 aromatic heterocycles. The Labute approximate surface area is 228 Å². The minimum absolute atomic E-state index is 0.223. The lowest BCUT2D eigenvalue weighted by atomic mass is 10.0. The third-order valence-electron chi connectivity index (χ3n) is 7.30. The van der Waals surface area contributed by atoms with Crippen LogP contribution in [0.15, 0.2) is 24.3 Å². The number of hydrogen-bond acceptors (Lipinski definition) is 5. The summed E-state index contributed by atoms with van der Waals surface area (Å²) in [5.74, 6) is 0.245. The van der Waals surface area contributed by atoms with Crippen molar-refractivity contribution in [3.63, 3.8) is 0 Å². The maximum absolute atomic E-state index is 12.8. The van der Waals surface area contributed by atoms with Crippen molar-refractivity contribution in [3.8, 4) is 11.8 Å². The third kappa shape index (κ3) is 8.44. The zero-order valence-electron chi connectivity index (χ0n) is 23.3. The highest BCUT2D eigenvalue weighted by Gasteiger charge is 2.35. The van der Waals surface area contributed by atoms with Crippen molar-refractivity contribution in [2.24, 2.45) is 0 Å². The molecule has 206 valence electrons. The highest BCUT2D eigenvalue weighted by molar-refractivity contribution is 6.10. The number of nitrogens with zero attached hydrogens (tertiary/aromatic N) is 4. The van der Waals surface area contributed by atoms with Gasteiger partial charge in [0.05, 0.1) is 18.8 Å². The molecule has 7 heteroatoms. The molecule has 1 aromatic carbocycles. The molecule has 1 aliphatic rings. The Hall–Kier alpha value is -3.14. The van der Waals surface area contributed by atoms with Gasteiger partial charge < -0.3 is 4.74 Å². The lowest BCUT2D eigenvalue weighted by Gasteiger charge is -2.27. The second-order valence-corrected chi connectivity index (χ2v) is 10.4. The van der Waals surface area contributed by atoms with Crippen LogP contribution in [0.1, 0.15) is 125 Å². The number of carbonyl (C=O) groups is 2. The van der Waals surface area contributed by atoms with Gasteiger partial charge in [-0.1, -0.05) is 109 Å². The van der Waals surface area contributed by atoms with E-state index in [4.69, 9.17) is 4.74 Å². The van der Waals surface area contributed by atoms with Crippen LogP contribution in [0.4, 0.5) is 5.82 Å². The smallest absolute Gasteiger partial charge is 0.258 e. The molecule has 0 N–H and O–H groups in total. The first-order valence-electron chi connectivity index (χ1n) is 14.6. The fraction of sp³-hybridized carbons (Fsp3) is 0.613. The van der Waals surface area contributed by atoms with Crippen LogP contribution in [0.5, 0.6) is 5.75 Å². The number of rotatable bonds is 18. The topological polar surface area (TPSA) is 88.2 Å². The molecule has 1 amide bonds. The maximum Gasteiger partial charge on any atom is 0.258 e. The molecule has 1 aliphatic heterocycles. The lowest BCUT2D eigenvalue weighted by Crippen LogP contribution is -2.40. The summed E-state index contributed by atoms with van der Waals surface area (Å²) < 4.78 is 7.29. The molecule has 0 spiro atoms. The van der Waals surface area contributed by atoms with Gasteiger partial charge in [0.1, 0.15) is 23.8 Å². The van der Waals surface area contributed by atoms with Crippen molar-refractivity contribution in [1.82, 2.24) is 9.78 Å². The summed E-state index contributed by atoms with van der Waals surface area (Å²) in [5, 5.41) is 13.8. The Kier molecular flexibility index (Phi) is 12.4. The van der Waals surface area contributed by atoms with E-state index in [9.17, 15) is 14.9 Å². The van der Waals surface area contributed by atoms with Gasteiger partial charge in [-0.3, -0.25) is 14.5 Å². The van der Waals surface area contributed by atoms with Gasteiger partial charge in [-0.2, -0.15) is 15.0 Å². The van der Waals surface area contributed by atoms with Gasteiger partial charge in [0.25, 0.3) is 5.91 Å². The first-order valence-corrected chi connectivity index (χ1v) is 14.6. The molecule has 0 saturated heterocycles. The molecule has 0 unspecified atom stereocenters. The second-order valence-electron chi connectivity index (χ2n) is 10.4. The first-order chi connectivity index (χ1) is 18.6. The molecule has 0 atom stereocenters. The van der Waals surface area contributed by atoms with E-state index < -0.39 is 5.91 Å². The van der Waals surface area contributed by atoms with E-state index in [2.05, 4.69) is 18.1 Å². The van der Waals surface area contributed by atoms with E-state index in [-0.39, 0.29) is 30.3 Å². The van der Waals surface area contributed by atoms with Crippen LogP contribution < -0.4 is 9.64 Å². The third-order valence-corrected chi connectivity index (χ3v) is 7.30. The highest BCUT2D eigenvalue weighted by Crippen LogP contribution is 2.31. The monoisotopic (exact) mass is 520 g/mol. The number of para-hydroxylation sites is 1. The van der Waals surface area contributed by atoms with Crippen LogP contribution in [-0.2, 0) is 11.3 Å². The molecule has 0 aliphatic carbocycles. The van der Waals surface area contributed by atoms with Crippen LogP contribution in [0, 0.1) is 18.3 Å². The van der Waals surface area contributed by atoms with Crippen molar-refractivity contribution in [2.75, 3.05) is 11.5 Å². The molecule has 38 heavy (non-hydrogen) atoms. The average Bonchev–Trinajstić information content (AvgIpc) is 3.25. The number of aryl methyl sites for hydroxylation is 1. The van der Waals surface area contributed by atoms with Crippen LogP contribution in [0.3, 0.4) is 0 Å². The zero-order valence-corrected chi connectivity index (χ0v) is 23.3. The predicted octanol–water partition coefficient (Wildman–Crippen LogP) is 7.50. The standard InChI is InChI=1S/C31H44N4O3/c1-3-4-5-6-7-8-9-10-11-12-13-14-15-18-21-38-28-20-17-16-19-26(28)24-34-29(36)22-30(37)35-31(34)27(23-32)25(2)33-35/h16-17,19-20H,3-15,18,21-22,24H2,1-2H3. The Morgan fingerprint density at radius 2 is 1.45 bits per heavy atom. The molecule has 2 heterocycles. The van der Waals surface area contributed by atoms with Gasteiger partial charge in [0, 0.05) is 5.56 Å². The summed E-state index contributed by atoms with van der Waals surface area (Å²) in [6.07, 6.45) is 18.2. The second kappa shape index (κ2) is 16.0. The molecular formula is C31H44N4O3. The molecule has 0 saturated carbocycles. The minimum Gasteiger partial charge on any atom is -0.493 e. The van der Waals surface area contributed by atoms with Crippen molar-refractivity contribution < 1.29 is 14.3 Å². The number of carbonyl (C=O) groups excluding carboxylic acids is 2. The van der Waals surface area contributed by atoms with Gasteiger partial charge in [-0.15, -0.1) is 0 Å². The summed E-state index contributed by atoms with van der Waals surface area (Å²) >= 11 is 0. The van der Waals surface area contributed by atoms with Gasteiger partial charge >= 0.3 is 0 Å². The summed E-state index contributed by atoms with van der Waals surface area (Å²) in [6.45, 7) is 4.79. The van der Waals surface area contributed by atoms with Crippen molar-refractivity contribution >= 4 is 17.6 Å². The Morgan fingerprint density at radius 1 is 0.868 bits per heavy atom. The van der Waals surface area contributed by atoms with E-state index in [1.807, 2.05) is 24.3 Å². The lowest BCUT2D eigenvalue weighted by molar-refractivity contribution is -0.118. The van der Waals surface area contributed by atoms with E-state index >= 15 is 0 Å². The number of anilines is 1. The maximum atomic E-state index is 12.8. The SMILES string of the molecule is CCCCCCCCCCCCCCCCOc1ccccc1CN1C(=O)CC(=O)n2nc(C)c(C#N)c21. The number of amides is 1.